The molecular weight excluding hydrogens is 356 g/mol. The molecule has 0 spiro atoms. The molecule has 1 aliphatic heterocycles. The first kappa shape index (κ1) is 18.3. The highest BCUT2D eigenvalue weighted by Crippen LogP contribution is 2.27. The SMILES string of the molecule is COc1ccc2nc(N3CCNCC3COc3cccnc3)oc2c1.Cl. The highest BCUT2D eigenvalue weighted by Gasteiger charge is 2.27. The molecule has 1 N–H and O–H groups in total. The molecule has 0 bridgehead atoms. The van der Waals surface area contributed by atoms with Gasteiger partial charge >= 0.3 is 0 Å². The molecule has 138 valence electrons. The van der Waals surface area contributed by atoms with Gasteiger partial charge in [-0.05, 0) is 24.3 Å². The quantitative estimate of drug-likeness (QED) is 0.733. The second kappa shape index (κ2) is 8.25. The number of ether oxygens (including phenoxy) is 2. The van der Waals surface area contributed by atoms with Gasteiger partial charge in [0.15, 0.2) is 5.58 Å². The Kier molecular flexibility index (Phi) is 5.80. The summed E-state index contributed by atoms with van der Waals surface area (Å²) in [6.07, 6.45) is 3.44. The van der Waals surface area contributed by atoms with Crippen LogP contribution in [0.2, 0.25) is 0 Å². The van der Waals surface area contributed by atoms with Crippen molar-refractivity contribution < 1.29 is 13.9 Å². The Labute approximate surface area is 157 Å². The summed E-state index contributed by atoms with van der Waals surface area (Å²) in [7, 11) is 1.64. The summed E-state index contributed by atoms with van der Waals surface area (Å²) in [6, 6.07) is 10.2. The van der Waals surface area contributed by atoms with Gasteiger partial charge < -0.3 is 24.1 Å². The number of hydrogen-bond acceptors (Lipinski definition) is 7. The number of aromatic nitrogens is 2. The van der Waals surface area contributed by atoms with Crippen molar-refractivity contribution in [3.05, 3.63) is 42.7 Å². The van der Waals surface area contributed by atoms with Crippen LogP contribution in [-0.4, -0.2) is 49.4 Å². The first-order valence-corrected chi connectivity index (χ1v) is 8.28. The number of rotatable bonds is 5. The van der Waals surface area contributed by atoms with Crippen molar-refractivity contribution in [2.45, 2.75) is 6.04 Å². The lowest BCUT2D eigenvalue weighted by Crippen LogP contribution is -2.54. The van der Waals surface area contributed by atoms with Crippen molar-refractivity contribution in [1.82, 2.24) is 15.3 Å². The molecule has 3 aromatic rings. The smallest absolute Gasteiger partial charge is 0.298 e. The molecule has 0 radical (unpaired) electrons. The van der Waals surface area contributed by atoms with E-state index in [4.69, 9.17) is 13.9 Å². The zero-order valence-corrected chi connectivity index (χ0v) is 15.2. The van der Waals surface area contributed by atoms with Crippen LogP contribution >= 0.6 is 12.4 Å². The number of oxazole rings is 1. The lowest BCUT2D eigenvalue weighted by molar-refractivity contribution is 0.261. The summed E-state index contributed by atoms with van der Waals surface area (Å²) < 4.78 is 17.1. The van der Waals surface area contributed by atoms with Crippen LogP contribution in [0.15, 0.2) is 47.1 Å². The van der Waals surface area contributed by atoms with Crippen molar-refractivity contribution in [3.8, 4) is 11.5 Å². The topological polar surface area (TPSA) is 72.7 Å². The predicted octanol–water partition coefficient (Wildman–Crippen LogP) is 2.51. The number of methoxy groups -OCH3 is 1. The van der Waals surface area contributed by atoms with Crippen LogP contribution in [0.4, 0.5) is 6.01 Å². The van der Waals surface area contributed by atoms with Crippen molar-refractivity contribution in [2.24, 2.45) is 0 Å². The van der Waals surface area contributed by atoms with Crippen LogP contribution in [0, 0.1) is 0 Å². The van der Waals surface area contributed by atoms with E-state index in [-0.39, 0.29) is 18.4 Å². The molecule has 1 aliphatic rings. The van der Waals surface area contributed by atoms with Gasteiger partial charge in [0.1, 0.15) is 23.6 Å². The van der Waals surface area contributed by atoms with Crippen LogP contribution < -0.4 is 19.7 Å². The number of nitrogens with one attached hydrogen (secondary N) is 1. The predicted molar refractivity (Wildman–Crippen MR) is 102 cm³/mol. The zero-order valence-electron chi connectivity index (χ0n) is 14.4. The number of anilines is 1. The molecule has 26 heavy (non-hydrogen) atoms. The Hall–Kier alpha value is -2.51. The van der Waals surface area contributed by atoms with Crippen molar-refractivity contribution in [2.75, 3.05) is 38.3 Å². The minimum atomic E-state index is 0. The highest BCUT2D eigenvalue weighted by molar-refractivity contribution is 5.85. The molecule has 7 nitrogen and oxygen atoms in total. The van der Waals surface area contributed by atoms with Gasteiger partial charge in [-0.1, -0.05) is 0 Å². The monoisotopic (exact) mass is 376 g/mol. The van der Waals surface area contributed by atoms with Crippen LogP contribution in [-0.2, 0) is 0 Å². The molecule has 8 heteroatoms. The minimum Gasteiger partial charge on any atom is -0.497 e. The largest absolute Gasteiger partial charge is 0.497 e. The number of halogens is 1. The molecule has 1 saturated heterocycles. The number of hydrogen-bond donors (Lipinski definition) is 1. The molecule has 1 aromatic carbocycles. The van der Waals surface area contributed by atoms with Gasteiger partial charge in [0, 0.05) is 31.9 Å². The second-order valence-corrected chi connectivity index (χ2v) is 5.88. The minimum absolute atomic E-state index is 0. The van der Waals surface area contributed by atoms with Crippen molar-refractivity contribution >= 4 is 29.5 Å². The van der Waals surface area contributed by atoms with E-state index >= 15 is 0 Å². The lowest BCUT2D eigenvalue weighted by atomic mass is 10.2. The Morgan fingerprint density at radius 1 is 1.31 bits per heavy atom. The molecule has 0 saturated carbocycles. The van der Waals surface area contributed by atoms with E-state index in [1.54, 1.807) is 19.5 Å². The Balaban J connectivity index is 0.00000196. The van der Waals surface area contributed by atoms with E-state index in [0.717, 1.165) is 42.2 Å². The molecule has 1 unspecified atom stereocenters. The van der Waals surface area contributed by atoms with Crippen LogP contribution in [0.3, 0.4) is 0 Å². The standard InChI is InChI=1S/C18H20N4O3.ClH/c1-23-14-4-5-16-17(9-14)25-18(21-16)22-8-7-20-10-13(22)12-24-15-3-2-6-19-11-15;/h2-6,9,11,13,20H,7-8,10,12H2,1H3;1H. The van der Waals surface area contributed by atoms with E-state index in [1.165, 1.54) is 0 Å². The Morgan fingerprint density at radius 3 is 3.04 bits per heavy atom. The molecule has 3 heterocycles. The van der Waals surface area contributed by atoms with Crippen molar-refractivity contribution in [1.29, 1.82) is 0 Å². The first-order chi connectivity index (χ1) is 12.3. The summed E-state index contributed by atoms with van der Waals surface area (Å²) in [5.74, 6) is 1.52. The van der Waals surface area contributed by atoms with E-state index in [1.807, 2.05) is 30.3 Å². The van der Waals surface area contributed by atoms with Gasteiger partial charge in [0.2, 0.25) is 0 Å². The number of piperazine rings is 1. The number of pyridine rings is 1. The fourth-order valence-corrected chi connectivity index (χ4v) is 2.93. The first-order valence-electron chi connectivity index (χ1n) is 8.28. The fourth-order valence-electron chi connectivity index (χ4n) is 2.93. The van der Waals surface area contributed by atoms with Crippen molar-refractivity contribution in [3.63, 3.8) is 0 Å². The molecule has 2 aromatic heterocycles. The van der Waals surface area contributed by atoms with Gasteiger partial charge in [-0.25, -0.2) is 0 Å². The van der Waals surface area contributed by atoms with Crippen LogP contribution in [0.5, 0.6) is 11.5 Å². The summed E-state index contributed by atoms with van der Waals surface area (Å²) in [5.41, 5.74) is 1.54. The fraction of sp³-hybridized carbons (Fsp3) is 0.333. The summed E-state index contributed by atoms with van der Waals surface area (Å²) >= 11 is 0. The maximum Gasteiger partial charge on any atom is 0.298 e. The van der Waals surface area contributed by atoms with Gasteiger partial charge in [0.05, 0.1) is 19.3 Å². The zero-order chi connectivity index (χ0) is 17.1. The highest BCUT2D eigenvalue weighted by atomic mass is 35.5. The van der Waals surface area contributed by atoms with E-state index in [2.05, 4.69) is 20.2 Å². The average Bonchev–Trinajstić information content (AvgIpc) is 3.10. The summed E-state index contributed by atoms with van der Waals surface area (Å²) in [4.78, 5) is 10.9. The van der Waals surface area contributed by atoms with Gasteiger partial charge in [0.25, 0.3) is 6.01 Å². The summed E-state index contributed by atoms with van der Waals surface area (Å²) in [6.45, 7) is 3.03. The summed E-state index contributed by atoms with van der Waals surface area (Å²) in [5, 5.41) is 3.40. The Bertz CT molecular complexity index is 843. The molecule has 0 aliphatic carbocycles. The van der Waals surface area contributed by atoms with E-state index in [0.29, 0.717) is 12.6 Å². The normalized spacial score (nSPS) is 17.0. The average molecular weight is 377 g/mol. The third-order valence-corrected chi connectivity index (χ3v) is 4.26. The number of nitrogens with zero attached hydrogens (tertiary/aromatic N) is 3. The second-order valence-electron chi connectivity index (χ2n) is 5.88. The van der Waals surface area contributed by atoms with E-state index in [9.17, 15) is 0 Å². The molecular formula is C18H21ClN4O3. The number of benzene rings is 1. The van der Waals surface area contributed by atoms with Gasteiger partial charge in [-0.3, -0.25) is 4.98 Å². The van der Waals surface area contributed by atoms with Gasteiger partial charge in [-0.2, -0.15) is 4.98 Å². The lowest BCUT2D eigenvalue weighted by Gasteiger charge is -2.34. The molecule has 4 rings (SSSR count). The van der Waals surface area contributed by atoms with Crippen LogP contribution in [0.1, 0.15) is 0 Å². The van der Waals surface area contributed by atoms with E-state index < -0.39 is 0 Å². The number of fused-ring (bicyclic) bond motifs is 1. The van der Waals surface area contributed by atoms with Gasteiger partial charge in [-0.15, -0.1) is 12.4 Å². The molecule has 1 fully saturated rings. The molecule has 1 atom stereocenters. The maximum absolute atomic E-state index is 5.97. The maximum atomic E-state index is 5.97. The third-order valence-electron chi connectivity index (χ3n) is 4.26. The van der Waals surface area contributed by atoms with Crippen LogP contribution in [0.25, 0.3) is 11.1 Å². The molecule has 0 amide bonds. The third kappa shape index (κ3) is 3.84. The Morgan fingerprint density at radius 2 is 2.23 bits per heavy atom.